The van der Waals surface area contributed by atoms with Crippen molar-refractivity contribution in [2.75, 3.05) is 0 Å². The third-order valence-corrected chi connectivity index (χ3v) is 9.96. The van der Waals surface area contributed by atoms with E-state index in [0.717, 1.165) is 39.1 Å². The standard InChI is InChI=1S/C43H28N2/c1-3-11-29(12-4-1)41-42(30-13-5-2-6-14-30)45-38-24-23-31(25-37(38)33-18-7-8-19-35(33)43(45)44-41)36-26-32-17-9-15-27-21-22-28-16-10-20-34(36)40(28)39(27)32/h1-26,39-40H. The summed E-state index contributed by atoms with van der Waals surface area (Å²) in [6, 6.07) is 37.1. The summed E-state index contributed by atoms with van der Waals surface area (Å²) in [5.74, 6) is 0.750. The summed E-state index contributed by atoms with van der Waals surface area (Å²) >= 11 is 0. The van der Waals surface area contributed by atoms with Crippen molar-refractivity contribution >= 4 is 32.9 Å². The maximum Gasteiger partial charge on any atom is 0.146 e. The molecule has 10 rings (SSSR count). The highest BCUT2D eigenvalue weighted by Crippen LogP contribution is 2.53. The molecule has 0 aliphatic heterocycles. The van der Waals surface area contributed by atoms with E-state index in [-0.39, 0.29) is 0 Å². The molecule has 0 fully saturated rings. The average Bonchev–Trinajstić information content (AvgIpc) is 3.52. The van der Waals surface area contributed by atoms with Crippen LogP contribution in [0, 0.1) is 11.8 Å². The van der Waals surface area contributed by atoms with Crippen LogP contribution in [0.25, 0.3) is 55.4 Å². The Morgan fingerprint density at radius 2 is 1.22 bits per heavy atom. The predicted molar refractivity (Wildman–Crippen MR) is 187 cm³/mol. The number of nitrogens with zero attached hydrogens (tertiary/aromatic N) is 2. The first-order chi connectivity index (χ1) is 22.3. The molecule has 0 N–H and O–H groups in total. The summed E-state index contributed by atoms with van der Waals surface area (Å²) in [6.45, 7) is 0. The summed E-state index contributed by atoms with van der Waals surface area (Å²) in [4.78, 5) is 5.38. The molecular formula is C43H28N2. The quantitative estimate of drug-likeness (QED) is 0.193. The topological polar surface area (TPSA) is 17.3 Å². The van der Waals surface area contributed by atoms with Crippen LogP contribution in [-0.4, -0.2) is 9.38 Å². The van der Waals surface area contributed by atoms with Crippen molar-refractivity contribution < 1.29 is 0 Å². The number of hydrogen-bond acceptors (Lipinski definition) is 1. The summed E-state index contributed by atoms with van der Waals surface area (Å²) in [7, 11) is 0. The number of fused-ring (bicyclic) bond motifs is 6. The molecule has 4 aliphatic carbocycles. The highest BCUT2D eigenvalue weighted by Gasteiger charge is 2.39. The number of pyridine rings is 1. The lowest BCUT2D eigenvalue weighted by atomic mass is 9.62. The zero-order valence-electron chi connectivity index (χ0n) is 24.6. The van der Waals surface area contributed by atoms with E-state index < -0.39 is 0 Å². The average molecular weight is 573 g/mol. The molecule has 0 bridgehead atoms. The van der Waals surface area contributed by atoms with Crippen LogP contribution >= 0.6 is 0 Å². The van der Waals surface area contributed by atoms with Gasteiger partial charge >= 0.3 is 0 Å². The third-order valence-electron chi connectivity index (χ3n) is 9.96. The lowest BCUT2D eigenvalue weighted by Crippen LogP contribution is -2.29. The van der Waals surface area contributed by atoms with Crippen LogP contribution < -0.4 is 0 Å². The van der Waals surface area contributed by atoms with Gasteiger partial charge in [0.2, 0.25) is 0 Å². The zero-order chi connectivity index (χ0) is 29.5. The number of aromatic nitrogens is 2. The molecule has 0 spiro atoms. The Morgan fingerprint density at radius 1 is 0.533 bits per heavy atom. The van der Waals surface area contributed by atoms with Crippen molar-refractivity contribution in [2.24, 2.45) is 11.8 Å². The summed E-state index contributed by atoms with van der Waals surface area (Å²) < 4.78 is 2.39. The molecule has 2 atom stereocenters. The second-order valence-corrected chi connectivity index (χ2v) is 12.3. The number of allylic oxidation sites excluding steroid dienone is 14. The van der Waals surface area contributed by atoms with Crippen LogP contribution in [0.5, 0.6) is 0 Å². The van der Waals surface area contributed by atoms with Crippen molar-refractivity contribution in [1.82, 2.24) is 9.38 Å². The predicted octanol–water partition coefficient (Wildman–Crippen LogP) is 10.5. The van der Waals surface area contributed by atoms with E-state index in [4.69, 9.17) is 4.98 Å². The molecule has 0 saturated heterocycles. The SMILES string of the molecule is C1=CC2=CC=C3C=CC=C4C(c5ccc6c(c5)c5ccccc5c5nc(-c7ccccc7)c(-c7ccccc7)n65)=CC(=C1)C2C34. The second kappa shape index (κ2) is 9.38. The summed E-state index contributed by atoms with van der Waals surface area (Å²) in [6.07, 6.45) is 20.7. The first-order valence-electron chi connectivity index (χ1n) is 15.7. The molecule has 2 heteroatoms. The van der Waals surface area contributed by atoms with Gasteiger partial charge in [-0.3, -0.25) is 4.40 Å². The van der Waals surface area contributed by atoms with Gasteiger partial charge < -0.3 is 0 Å². The summed E-state index contributed by atoms with van der Waals surface area (Å²) in [5.41, 5.74) is 14.7. The van der Waals surface area contributed by atoms with Crippen molar-refractivity contribution in [3.63, 3.8) is 0 Å². The first-order valence-corrected chi connectivity index (χ1v) is 15.7. The molecule has 0 radical (unpaired) electrons. The summed E-state index contributed by atoms with van der Waals surface area (Å²) in [5, 5.41) is 3.62. The second-order valence-electron chi connectivity index (χ2n) is 12.3. The largest absolute Gasteiger partial charge is 0.291 e. The van der Waals surface area contributed by atoms with Crippen LogP contribution in [-0.2, 0) is 0 Å². The van der Waals surface area contributed by atoms with Gasteiger partial charge in [-0.15, -0.1) is 0 Å². The molecule has 0 amide bonds. The van der Waals surface area contributed by atoms with Crippen LogP contribution in [0.1, 0.15) is 5.56 Å². The molecule has 45 heavy (non-hydrogen) atoms. The number of benzene rings is 4. The van der Waals surface area contributed by atoms with Gasteiger partial charge in [-0.05, 0) is 50.9 Å². The van der Waals surface area contributed by atoms with Crippen LogP contribution in [0.2, 0.25) is 0 Å². The van der Waals surface area contributed by atoms with Gasteiger partial charge in [0.15, 0.2) is 0 Å². The first kappa shape index (κ1) is 24.7. The number of rotatable bonds is 3. The maximum absolute atomic E-state index is 5.38. The molecule has 4 aliphatic rings. The fourth-order valence-corrected chi connectivity index (χ4v) is 8.01. The molecule has 6 aromatic rings. The third kappa shape index (κ3) is 3.54. The lowest BCUT2D eigenvalue weighted by Gasteiger charge is -2.41. The fourth-order valence-electron chi connectivity index (χ4n) is 8.01. The number of hydrogen-bond donors (Lipinski definition) is 0. The van der Waals surface area contributed by atoms with Crippen molar-refractivity contribution in [1.29, 1.82) is 0 Å². The highest BCUT2D eigenvalue weighted by atomic mass is 15.0. The molecule has 2 heterocycles. The van der Waals surface area contributed by atoms with E-state index in [9.17, 15) is 0 Å². The monoisotopic (exact) mass is 572 g/mol. The van der Waals surface area contributed by atoms with E-state index in [1.807, 2.05) is 0 Å². The normalized spacial score (nSPS) is 19.6. The Hall–Kier alpha value is -5.73. The fraction of sp³-hybridized carbons (Fsp3) is 0.0465. The van der Waals surface area contributed by atoms with Crippen LogP contribution in [0.3, 0.4) is 0 Å². The van der Waals surface area contributed by atoms with Gasteiger partial charge in [-0.1, -0.05) is 146 Å². The van der Waals surface area contributed by atoms with Gasteiger partial charge in [0.25, 0.3) is 0 Å². The molecule has 2 unspecified atom stereocenters. The van der Waals surface area contributed by atoms with Crippen molar-refractivity contribution in [3.8, 4) is 22.5 Å². The van der Waals surface area contributed by atoms with E-state index >= 15 is 0 Å². The minimum Gasteiger partial charge on any atom is -0.291 e. The van der Waals surface area contributed by atoms with Crippen molar-refractivity contribution in [2.45, 2.75) is 0 Å². The highest BCUT2D eigenvalue weighted by molar-refractivity contribution is 6.14. The Bertz CT molecular complexity index is 2460. The Morgan fingerprint density at radius 3 is 2.02 bits per heavy atom. The van der Waals surface area contributed by atoms with Gasteiger partial charge in [0.05, 0.1) is 16.9 Å². The molecule has 0 saturated carbocycles. The van der Waals surface area contributed by atoms with E-state index in [1.165, 1.54) is 44.2 Å². The molecule has 2 aromatic heterocycles. The maximum atomic E-state index is 5.38. The van der Waals surface area contributed by atoms with Crippen LogP contribution in [0.4, 0.5) is 0 Å². The molecule has 4 aromatic carbocycles. The number of imidazole rings is 1. The van der Waals surface area contributed by atoms with Crippen molar-refractivity contribution in [3.05, 3.63) is 186 Å². The van der Waals surface area contributed by atoms with E-state index in [2.05, 4.69) is 162 Å². The molecule has 210 valence electrons. The Labute approximate surface area is 261 Å². The zero-order valence-corrected chi connectivity index (χ0v) is 24.6. The minimum absolute atomic E-state index is 0.355. The van der Waals surface area contributed by atoms with E-state index in [0.29, 0.717) is 11.8 Å². The smallest absolute Gasteiger partial charge is 0.146 e. The van der Waals surface area contributed by atoms with Gasteiger partial charge in [0.1, 0.15) is 5.65 Å². The Balaban J connectivity index is 1.28. The van der Waals surface area contributed by atoms with E-state index in [1.54, 1.807) is 0 Å². The van der Waals surface area contributed by atoms with Gasteiger partial charge in [0, 0.05) is 33.7 Å². The molecular weight excluding hydrogens is 544 g/mol. The molecule has 2 nitrogen and oxygen atoms in total. The van der Waals surface area contributed by atoms with Crippen LogP contribution in [0.15, 0.2) is 180 Å². The Kier molecular flexibility index (Phi) is 5.15. The minimum atomic E-state index is 0.355. The van der Waals surface area contributed by atoms with Gasteiger partial charge in [-0.25, -0.2) is 4.98 Å². The lowest BCUT2D eigenvalue weighted by molar-refractivity contribution is 0.568. The van der Waals surface area contributed by atoms with Gasteiger partial charge in [-0.2, -0.15) is 0 Å².